The van der Waals surface area contributed by atoms with E-state index in [1.54, 1.807) is 0 Å². The molecule has 6 unspecified atom stereocenters. The van der Waals surface area contributed by atoms with E-state index in [-0.39, 0.29) is 5.92 Å². The van der Waals surface area contributed by atoms with Crippen LogP contribution < -0.4 is 4.90 Å². The lowest BCUT2D eigenvalue weighted by molar-refractivity contribution is -0.932. The zero-order valence-electron chi connectivity index (χ0n) is 21.7. The average molecular weight is 523 g/mol. The van der Waals surface area contributed by atoms with Gasteiger partial charge in [0.2, 0.25) is 6.29 Å². The number of aliphatic hydroxyl groups excluding tert-OH is 4. The predicted molar refractivity (Wildman–Crippen MR) is 132 cm³/mol. The Labute approximate surface area is 218 Å². The van der Waals surface area contributed by atoms with Gasteiger partial charge in [-0.05, 0) is 24.8 Å². The normalized spacial score (nSPS) is 47.1. The topological polar surface area (TPSA) is 144 Å². The number of carbonyl (C=O) groups excluding carboxylic acids is 1. The maximum atomic E-state index is 13.0. The molecule has 37 heavy (non-hydrogen) atoms. The van der Waals surface area contributed by atoms with Crippen molar-refractivity contribution in [2.45, 2.75) is 94.3 Å². The van der Waals surface area contributed by atoms with Crippen molar-refractivity contribution in [1.82, 2.24) is 0 Å². The molecule has 0 bridgehead atoms. The fraction of sp³-hybridized carbons (Fsp3) is 0.815. The standard InChI is InChI=1S/C27H41N2O8/c1-3-14-11-29-9-8-16-15-6-4-5-7-19(15)28-22(16)20(29)10-17(14)18(26(34)35-2)13-36-27-25(33)24(32)23(31)21(12-30)37-27/h3,13,15-17,19-25,27,30-33H,4-12H2,1-2H3/q-1/p+1/t15?,16?,17-,19?,20?,21+,22?,23+,24-,25+,27+/m0/s1. The largest absolute Gasteiger partial charge is 0.651 e. The SMILES string of the molecule is CC=C1C[NH+]2CCC3C4CCCCC4[N-]C3C2C[C@@H]1C(=CO[C@@H]1O[C@H](CO)[C@@H](O)[C@H](O)[C@H]1O)C(=O)OC. The number of nitrogens with zero attached hydrogens (tertiary/aromatic N) is 1. The van der Waals surface area contributed by atoms with E-state index in [1.165, 1.54) is 50.4 Å². The van der Waals surface area contributed by atoms with Crippen molar-refractivity contribution in [1.29, 1.82) is 0 Å². The summed E-state index contributed by atoms with van der Waals surface area (Å²) in [5.74, 6) is 0.573. The second kappa shape index (κ2) is 11.3. The lowest BCUT2D eigenvalue weighted by Gasteiger charge is -2.50. The third-order valence-corrected chi connectivity index (χ3v) is 9.58. The van der Waals surface area contributed by atoms with Gasteiger partial charge in [0.05, 0.1) is 44.7 Å². The van der Waals surface area contributed by atoms with Crippen LogP contribution in [0.25, 0.3) is 5.32 Å². The van der Waals surface area contributed by atoms with Gasteiger partial charge in [-0.25, -0.2) is 4.79 Å². The van der Waals surface area contributed by atoms with Crippen molar-refractivity contribution >= 4 is 5.97 Å². The molecule has 0 aromatic carbocycles. The molecule has 0 spiro atoms. The van der Waals surface area contributed by atoms with Gasteiger partial charge >= 0.3 is 5.97 Å². The van der Waals surface area contributed by atoms with Gasteiger partial charge in [0.15, 0.2) is 0 Å². The van der Waals surface area contributed by atoms with Crippen molar-refractivity contribution in [3.05, 3.63) is 28.8 Å². The van der Waals surface area contributed by atoms with Crippen molar-refractivity contribution in [2.75, 3.05) is 26.8 Å². The molecule has 5 N–H and O–H groups in total. The van der Waals surface area contributed by atoms with E-state index in [2.05, 4.69) is 6.08 Å². The van der Waals surface area contributed by atoms with Crippen molar-refractivity contribution in [3.63, 3.8) is 0 Å². The van der Waals surface area contributed by atoms with Crippen LogP contribution in [0.1, 0.15) is 45.4 Å². The number of methoxy groups -OCH3 is 1. The minimum atomic E-state index is -1.56. The van der Waals surface area contributed by atoms with Gasteiger partial charge in [-0.3, -0.25) is 0 Å². The van der Waals surface area contributed by atoms with E-state index in [0.717, 1.165) is 25.1 Å². The second-order valence-corrected chi connectivity index (χ2v) is 11.3. The zero-order valence-corrected chi connectivity index (χ0v) is 21.7. The molecule has 0 aromatic rings. The summed E-state index contributed by atoms with van der Waals surface area (Å²) in [5.41, 5.74) is 1.46. The molecule has 5 rings (SSSR count). The highest BCUT2D eigenvalue weighted by Gasteiger charge is 2.50. The third kappa shape index (κ3) is 4.97. The number of piperidine rings is 2. The number of quaternary nitrogens is 1. The lowest BCUT2D eigenvalue weighted by atomic mass is 9.70. The highest BCUT2D eigenvalue weighted by atomic mass is 16.7. The second-order valence-electron chi connectivity index (χ2n) is 11.3. The highest BCUT2D eigenvalue weighted by Crippen LogP contribution is 2.49. The van der Waals surface area contributed by atoms with Crippen LogP contribution in [0.4, 0.5) is 0 Å². The van der Waals surface area contributed by atoms with Crippen LogP contribution >= 0.6 is 0 Å². The van der Waals surface area contributed by atoms with Crippen LogP contribution in [-0.4, -0.2) is 102 Å². The van der Waals surface area contributed by atoms with Gasteiger partial charge < -0.3 is 44.9 Å². The highest BCUT2D eigenvalue weighted by molar-refractivity contribution is 5.89. The van der Waals surface area contributed by atoms with E-state index in [1.807, 2.05) is 6.92 Å². The fourth-order valence-electron chi connectivity index (χ4n) is 7.63. The van der Waals surface area contributed by atoms with E-state index < -0.39 is 43.3 Å². The van der Waals surface area contributed by atoms with Crippen LogP contribution in [0, 0.1) is 17.8 Å². The molecule has 12 atom stereocenters. The molecule has 0 amide bonds. The molecule has 5 fully saturated rings. The van der Waals surface area contributed by atoms with Crippen LogP contribution in [0.15, 0.2) is 23.5 Å². The molecule has 0 aromatic heterocycles. The molecule has 4 aliphatic heterocycles. The van der Waals surface area contributed by atoms with E-state index >= 15 is 0 Å². The molecule has 1 aliphatic carbocycles. The zero-order chi connectivity index (χ0) is 26.3. The Hall–Kier alpha value is -1.53. The lowest BCUT2D eigenvalue weighted by Crippen LogP contribution is -3.19. The number of nitrogens with one attached hydrogen (secondary N) is 1. The monoisotopic (exact) mass is 522 g/mol. The smallest absolute Gasteiger partial charge is 0.337 e. The minimum Gasteiger partial charge on any atom is -0.651 e. The molecule has 1 saturated carbocycles. The molecule has 4 saturated heterocycles. The number of fused-ring (bicyclic) bond motifs is 5. The number of hydrogen-bond donors (Lipinski definition) is 5. The van der Waals surface area contributed by atoms with Crippen LogP contribution in [-0.2, 0) is 19.0 Å². The Morgan fingerprint density at radius 2 is 1.92 bits per heavy atom. The third-order valence-electron chi connectivity index (χ3n) is 9.58. The Kier molecular flexibility index (Phi) is 8.26. The molecule has 208 valence electrons. The first-order valence-corrected chi connectivity index (χ1v) is 13.8. The Bertz CT molecular complexity index is 894. The molecule has 10 nitrogen and oxygen atoms in total. The first kappa shape index (κ1) is 27.1. The van der Waals surface area contributed by atoms with Gasteiger partial charge in [-0.15, -0.1) is 6.04 Å². The maximum absolute atomic E-state index is 13.0. The number of ether oxygens (including phenoxy) is 3. The molecular formula is C27H42N2O8. The van der Waals surface area contributed by atoms with Crippen molar-refractivity contribution < 1.29 is 44.3 Å². The predicted octanol–water partition coefficient (Wildman–Crippen LogP) is -0.586. The summed E-state index contributed by atoms with van der Waals surface area (Å²) in [4.78, 5) is 14.5. The van der Waals surface area contributed by atoms with Gasteiger partial charge in [-0.2, -0.15) is 0 Å². The quantitative estimate of drug-likeness (QED) is 0.140. The fourth-order valence-corrected chi connectivity index (χ4v) is 7.63. The summed E-state index contributed by atoms with van der Waals surface area (Å²) in [5, 5.41) is 45.4. The average Bonchev–Trinajstić information content (AvgIpc) is 3.31. The van der Waals surface area contributed by atoms with Crippen LogP contribution in [0.3, 0.4) is 0 Å². The Morgan fingerprint density at radius 3 is 2.65 bits per heavy atom. The van der Waals surface area contributed by atoms with E-state index in [9.17, 15) is 25.2 Å². The summed E-state index contributed by atoms with van der Waals surface area (Å²) >= 11 is 0. The van der Waals surface area contributed by atoms with Crippen LogP contribution in [0.5, 0.6) is 0 Å². The summed E-state index contributed by atoms with van der Waals surface area (Å²) in [6.45, 7) is 3.37. The molecule has 5 aliphatic rings. The molecule has 0 radical (unpaired) electrons. The summed E-state index contributed by atoms with van der Waals surface area (Å²) in [6, 6.07) is 1.11. The van der Waals surface area contributed by atoms with Crippen molar-refractivity contribution in [3.8, 4) is 0 Å². The first-order chi connectivity index (χ1) is 17.9. The number of rotatable bonds is 5. The number of carbonyl (C=O) groups is 1. The first-order valence-electron chi connectivity index (χ1n) is 13.8. The maximum Gasteiger partial charge on any atom is 0.337 e. The molecule has 10 heteroatoms. The van der Waals surface area contributed by atoms with Gasteiger partial charge in [0.25, 0.3) is 0 Å². The van der Waals surface area contributed by atoms with E-state index in [4.69, 9.17) is 19.5 Å². The summed E-state index contributed by atoms with van der Waals surface area (Å²) in [6.07, 6.45) is 3.29. The van der Waals surface area contributed by atoms with Crippen molar-refractivity contribution in [2.24, 2.45) is 17.8 Å². The van der Waals surface area contributed by atoms with Gasteiger partial charge in [-0.1, -0.05) is 43.7 Å². The Balaban J connectivity index is 1.38. The van der Waals surface area contributed by atoms with E-state index in [0.29, 0.717) is 35.5 Å². The summed E-state index contributed by atoms with van der Waals surface area (Å²) in [7, 11) is 1.33. The number of allylic oxidation sites excluding steroid dienone is 1. The molecular weight excluding hydrogens is 480 g/mol. The van der Waals surface area contributed by atoms with Gasteiger partial charge in [0, 0.05) is 12.3 Å². The van der Waals surface area contributed by atoms with Gasteiger partial charge in [0.1, 0.15) is 24.4 Å². The number of hydrogen-bond acceptors (Lipinski definition) is 8. The number of aliphatic hydroxyl groups is 4. The Morgan fingerprint density at radius 1 is 1.14 bits per heavy atom. The minimum absolute atomic E-state index is 0.229. The molecule has 4 heterocycles. The number of esters is 1. The van der Waals surface area contributed by atoms with Crippen LogP contribution in [0.2, 0.25) is 0 Å². The summed E-state index contributed by atoms with van der Waals surface area (Å²) < 4.78 is 16.3.